The summed E-state index contributed by atoms with van der Waals surface area (Å²) in [7, 11) is 0. The molecule has 11 heavy (non-hydrogen) atoms. The number of hydrogen-bond donors (Lipinski definition) is 2. The molecule has 0 bridgehead atoms. The van der Waals surface area contributed by atoms with Crippen LogP contribution >= 0.6 is 0 Å². The highest BCUT2D eigenvalue weighted by molar-refractivity contribution is 4.82. The van der Waals surface area contributed by atoms with E-state index >= 15 is 0 Å². The minimum absolute atomic E-state index is 0.0949. The molecular formula is C9H21NO. The first kappa shape index (κ1) is 10.9. The maximum atomic E-state index is 8.98. The van der Waals surface area contributed by atoms with Gasteiger partial charge in [-0.3, -0.25) is 0 Å². The molecule has 0 aliphatic carbocycles. The van der Waals surface area contributed by atoms with Crippen LogP contribution < -0.4 is 5.73 Å². The Morgan fingerprint density at radius 1 is 1.36 bits per heavy atom. The van der Waals surface area contributed by atoms with Gasteiger partial charge in [0.1, 0.15) is 0 Å². The second-order valence-electron chi connectivity index (χ2n) is 4.24. The summed E-state index contributed by atoms with van der Waals surface area (Å²) >= 11 is 0. The van der Waals surface area contributed by atoms with E-state index in [9.17, 15) is 0 Å². The van der Waals surface area contributed by atoms with Crippen molar-refractivity contribution < 1.29 is 5.11 Å². The van der Waals surface area contributed by atoms with Gasteiger partial charge in [-0.05, 0) is 17.8 Å². The smallest absolute Gasteiger partial charge is 0.0474 e. The maximum absolute atomic E-state index is 8.98. The quantitative estimate of drug-likeness (QED) is 0.653. The molecule has 0 aliphatic heterocycles. The lowest BCUT2D eigenvalue weighted by Crippen LogP contribution is -2.42. The molecule has 0 rings (SSSR count). The Bertz CT molecular complexity index is 103. The van der Waals surface area contributed by atoms with Gasteiger partial charge in [-0.25, -0.2) is 0 Å². The van der Waals surface area contributed by atoms with E-state index in [1.807, 2.05) is 0 Å². The zero-order valence-corrected chi connectivity index (χ0v) is 8.09. The minimum Gasteiger partial charge on any atom is -0.396 e. The van der Waals surface area contributed by atoms with Gasteiger partial charge in [0.15, 0.2) is 0 Å². The van der Waals surface area contributed by atoms with Gasteiger partial charge in [0.05, 0.1) is 0 Å². The Balaban J connectivity index is 4.09. The van der Waals surface area contributed by atoms with Crippen LogP contribution in [0.5, 0.6) is 0 Å². The van der Waals surface area contributed by atoms with Gasteiger partial charge in [-0.1, -0.05) is 27.7 Å². The van der Waals surface area contributed by atoms with E-state index in [0.29, 0.717) is 0 Å². The fourth-order valence-electron chi connectivity index (χ4n) is 1.20. The summed E-state index contributed by atoms with van der Waals surface area (Å²) in [5, 5.41) is 8.98. The zero-order chi connectivity index (χ0) is 9.07. The molecule has 0 aromatic rings. The predicted molar refractivity (Wildman–Crippen MR) is 48.3 cm³/mol. The van der Waals surface area contributed by atoms with Crippen LogP contribution in [0.2, 0.25) is 0 Å². The maximum Gasteiger partial charge on any atom is 0.0474 e. The highest BCUT2D eigenvalue weighted by atomic mass is 16.3. The van der Waals surface area contributed by atoms with Crippen molar-refractivity contribution in [3.8, 4) is 0 Å². The van der Waals surface area contributed by atoms with Crippen molar-refractivity contribution in [3.05, 3.63) is 0 Å². The normalized spacial score (nSPS) is 18.0. The van der Waals surface area contributed by atoms with Crippen molar-refractivity contribution in [2.24, 2.45) is 17.1 Å². The Labute approximate surface area is 69.8 Å². The summed E-state index contributed by atoms with van der Waals surface area (Å²) in [6.45, 7) is 8.59. The number of rotatable bonds is 3. The Morgan fingerprint density at radius 3 is 1.91 bits per heavy atom. The summed E-state index contributed by atoms with van der Waals surface area (Å²) in [4.78, 5) is 0. The van der Waals surface area contributed by atoms with E-state index in [4.69, 9.17) is 10.8 Å². The summed E-state index contributed by atoms with van der Waals surface area (Å²) in [5.41, 5.74) is 6.06. The molecule has 0 saturated carbocycles. The van der Waals surface area contributed by atoms with E-state index < -0.39 is 0 Å². The van der Waals surface area contributed by atoms with Crippen LogP contribution in [0, 0.1) is 11.3 Å². The minimum atomic E-state index is 0.0949. The SMILES string of the molecule is CCC(CO)C(N)C(C)(C)C. The van der Waals surface area contributed by atoms with Crippen molar-refractivity contribution in [2.75, 3.05) is 6.61 Å². The molecule has 2 heteroatoms. The van der Waals surface area contributed by atoms with Gasteiger partial charge < -0.3 is 10.8 Å². The first-order chi connectivity index (χ1) is 4.93. The predicted octanol–water partition coefficient (Wildman–Crippen LogP) is 1.38. The molecule has 2 nitrogen and oxygen atoms in total. The molecule has 0 aliphatic rings. The molecule has 0 radical (unpaired) electrons. The molecule has 3 N–H and O–H groups in total. The number of aliphatic hydroxyl groups is 1. The van der Waals surface area contributed by atoms with Crippen LogP contribution in [0.4, 0.5) is 0 Å². The zero-order valence-electron chi connectivity index (χ0n) is 8.09. The van der Waals surface area contributed by atoms with Crippen LogP contribution in [0.1, 0.15) is 34.1 Å². The third-order valence-corrected chi connectivity index (χ3v) is 2.27. The number of nitrogens with two attached hydrogens (primary N) is 1. The largest absolute Gasteiger partial charge is 0.396 e. The Morgan fingerprint density at radius 2 is 1.82 bits per heavy atom. The summed E-state index contributed by atoms with van der Waals surface area (Å²) in [6, 6.07) is 0.0949. The standard InChI is InChI=1S/C9H21NO/c1-5-7(6-11)8(10)9(2,3)4/h7-8,11H,5-6,10H2,1-4H3. The van der Waals surface area contributed by atoms with Crippen LogP contribution in [-0.2, 0) is 0 Å². The number of aliphatic hydroxyl groups excluding tert-OH is 1. The van der Waals surface area contributed by atoms with Crippen LogP contribution in [-0.4, -0.2) is 17.8 Å². The second-order valence-corrected chi connectivity index (χ2v) is 4.24. The molecule has 0 aromatic carbocycles. The second kappa shape index (κ2) is 4.07. The highest BCUT2D eigenvalue weighted by Gasteiger charge is 2.26. The van der Waals surface area contributed by atoms with Crippen molar-refractivity contribution in [3.63, 3.8) is 0 Å². The average Bonchev–Trinajstić information content (AvgIpc) is 1.88. The molecule has 0 saturated heterocycles. The van der Waals surface area contributed by atoms with Crippen LogP contribution in [0.3, 0.4) is 0 Å². The molecule has 0 fully saturated rings. The topological polar surface area (TPSA) is 46.2 Å². The molecule has 68 valence electrons. The average molecular weight is 159 g/mol. The van der Waals surface area contributed by atoms with E-state index in [0.717, 1.165) is 6.42 Å². The summed E-state index contributed by atoms with van der Waals surface area (Å²) in [5.74, 6) is 0.245. The lowest BCUT2D eigenvalue weighted by atomic mass is 9.79. The molecule has 2 unspecified atom stereocenters. The van der Waals surface area contributed by atoms with E-state index in [1.54, 1.807) is 0 Å². The van der Waals surface area contributed by atoms with E-state index in [1.165, 1.54) is 0 Å². The van der Waals surface area contributed by atoms with Gasteiger partial charge in [-0.2, -0.15) is 0 Å². The third-order valence-electron chi connectivity index (χ3n) is 2.27. The first-order valence-electron chi connectivity index (χ1n) is 4.30. The lowest BCUT2D eigenvalue weighted by Gasteiger charge is -2.32. The molecular weight excluding hydrogens is 138 g/mol. The van der Waals surface area contributed by atoms with Gasteiger partial charge in [0.2, 0.25) is 0 Å². The van der Waals surface area contributed by atoms with Crippen molar-refractivity contribution in [1.29, 1.82) is 0 Å². The van der Waals surface area contributed by atoms with E-state index in [-0.39, 0.29) is 24.0 Å². The van der Waals surface area contributed by atoms with Crippen molar-refractivity contribution in [2.45, 2.75) is 40.2 Å². The summed E-state index contributed by atoms with van der Waals surface area (Å²) < 4.78 is 0. The highest BCUT2D eigenvalue weighted by Crippen LogP contribution is 2.24. The molecule has 0 heterocycles. The lowest BCUT2D eigenvalue weighted by molar-refractivity contribution is 0.147. The molecule has 0 spiro atoms. The Kier molecular flexibility index (Phi) is 4.04. The van der Waals surface area contributed by atoms with Crippen molar-refractivity contribution >= 4 is 0 Å². The fourth-order valence-corrected chi connectivity index (χ4v) is 1.20. The fraction of sp³-hybridized carbons (Fsp3) is 1.00. The van der Waals surface area contributed by atoms with Gasteiger partial charge >= 0.3 is 0 Å². The van der Waals surface area contributed by atoms with E-state index in [2.05, 4.69) is 27.7 Å². The van der Waals surface area contributed by atoms with Crippen LogP contribution in [0.15, 0.2) is 0 Å². The van der Waals surface area contributed by atoms with Gasteiger partial charge in [0.25, 0.3) is 0 Å². The Hall–Kier alpha value is -0.0800. The summed E-state index contributed by atoms with van der Waals surface area (Å²) in [6.07, 6.45) is 0.953. The first-order valence-corrected chi connectivity index (χ1v) is 4.30. The molecule has 2 atom stereocenters. The number of hydrogen-bond acceptors (Lipinski definition) is 2. The van der Waals surface area contributed by atoms with Gasteiger partial charge in [0, 0.05) is 12.6 Å². The third kappa shape index (κ3) is 3.21. The molecule has 0 aromatic heterocycles. The monoisotopic (exact) mass is 159 g/mol. The van der Waals surface area contributed by atoms with Crippen molar-refractivity contribution in [1.82, 2.24) is 0 Å². The molecule has 0 amide bonds. The van der Waals surface area contributed by atoms with Crippen LogP contribution in [0.25, 0.3) is 0 Å². The van der Waals surface area contributed by atoms with Gasteiger partial charge in [-0.15, -0.1) is 0 Å².